The first kappa shape index (κ1) is 16.8. The number of carbonyl (C=O) groups is 2. The molecular weight excluding hydrogens is 322 g/mol. The highest BCUT2D eigenvalue weighted by molar-refractivity contribution is 7.09. The summed E-state index contributed by atoms with van der Waals surface area (Å²) in [5.41, 5.74) is 2.65. The Kier molecular flexibility index (Phi) is 5.04. The van der Waals surface area contributed by atoms with Gasteiger partial charge in [-0.3, -0.25) is 9.59 Å². The summed E-state index contributed by atoms with van der Waals surface area (Å²) in [6.07, 6.45) is 1.35. The molecule has 0 spiro atoms. The number of amides is 2. The number of rotatable bonds is 4. The van der Waals surface area contributed by atoms with Crippen LogP contribution in [0.3, 0.4) is 0 Å². The first-order chi connectivity index (χ1) is 11.5. The van der Waals surface area contributed by atoms with Crippen LogP contribution in [0.2, 0.25) is 0 Å². The maximum atomic E-state index is 12.6. The van der Waals surface area contributed by atoms with Gasteiger partial charge in [-0.1, -0.05) is 6.07 Å². The second-order valence-corrected chi connectivity index (χ2v) is 7.28. The molecule has 5 nitrogen and oxygen atoms in total. The van der Waals surface area contributed by atoms with Gasteiger partial charge in [-0.2, -0.15) is 0 Å². The zero-order valence-corrected chi connectivity index (χ0v) is 15.0. The minimum absolute atomic E-state index is 0.0579. The van der Waals surface area contributed by atoms with E-state index in [1.807, 2.05) is 41.2 Å². The lowest BCUT2D eigenvalue weighted by Crippen LogP contribution is -2.50. The second kappa shape index (κ2) is 7.21. The number of carbonyl (C=O) groups excluding carboxylic acids is 2. The summed E-state index contributed by atoms with van der Waals surface area (Å²) in [5.74, 6) is 0.242. The maximum absolute atomic E-state index is 12.6. The standard InChI is InChI=1S/C18H23N3O2S/c1-13-12-16(14(2)19-13)18(23)21-9-7-20(8-10-21)17(22)6-5-15-4-3-11-24-15/h3-4,11-12,19H,5-10H2,1-2H3. The van der Waals surface area contributed by atoms with E-state index in [1.165, 1.54) is 4.88 Å². The van der Waals surface area contributed by atoms with Gasteiger partial charge in [-0.25, -0.2) is 0 Å². The molecule has 128 valence electrons. The van der Waals surface area contributed by atoms with Gasteiger partial charge in [-0.15, -0.1) is 11.3 Å². The van der Waals surface area contributed by atoms with Crippen LogP contribution in [0.15, 0.2) is 23.6 Å². The number of nitrogens with one attached hydrogen (secondary N) is 1. The van der Waals surface area contributed by atoms with Crippen LogP contribution in [0.1, 0.15) is 33.0 Å². The molecule has 0 atom stereocenters. The molecule has 1 aliphatic rings. The molecule has 3 heterocycles. The lowest BCUT2D eigenvalue weighted by molar-refractivity contribution is -0.132. The zero-order valence-electron chi connectivity index (χ0n) is 14.2. The van der Waals surface area contributed by atoms with E-state index in [0.717, 1.165) is 23.4 Å². The van der Waals surface area contributed by atoms with Crippen LogP contribution in [0, 0.1) is 13.8 Å². The Labute approximate surface area is 146 Å². The Morgan fingerprint density at radius 3 is 2.46 bits per heavy atom. The summed E-state index contributed by atoms with van der Waals surface area (Å²) in [6.45, 7) is 6.33. The summed E-state index contributed by atoms with van der Waals surface area (Å²) in [5, 5.41) is 2.04. The number of nitrogens with zero attached hydrogens (tertiary/aromatic N) is 2. The molecule has 6 heteroatoms. The van der Waals surface area contributed by atoms with E-state index >= 15 is 0 Å². The molecule has 0 aliphatic carbocycles. The van der Waals surface area contributed by atoms with Gasteiger partial charge >= 0.3 is 0 Å². The largest absolute Gasteiger partial charge is 0.362 e. The number of hydrogen-bond acceptors (Lipinski definition) is 3. The van der Waals surface area contributed by atoms with Gasteiger partial charge in [0.15, 0.2) is 0 Å². The highest BCUT2D eigenvalue weighted by atomic mass is 32.1. The molecule has 0 aromatic carbocycles. The molecule has 1 fully saturated rings. The van der Waals surface area contributed by atoms with Crippen LogP contribution in [0.25, 0.3) is 0 Å². The Morgan fingerprint density at radius 1 is 1.17 bits per heavy atom. The molecule has 0 unspecified atom stereocenters. The van der Waals surface area contributed by atoms with Gasteiger partial charge in [0.25, 0.3) is 5.91 Å². The number of hydrogen-bond donors (Lipinski definition) is 1. The summed E-state index contributed by atoms with van der Waals surface area (Å²) < 4.78 is 0. The van der Waals surface area contributed by atoms with E-state index in [4.69, 9.17) is 0 Å². The lowest BCUT2D eigenvalue weighted by atomic mass is 10.2. The third kappa shape index (κ3) is 3.70. The number of aromatic amines is 1. The highest BCUT2D eigenvalue weighted by Crippen LogP contribution is 2.16. The third-order valence-corrected chi connectivity index (χ3v) is 5.40. The van der Waals surface area contributed by atoms with Crippen molar-refractivity contribution in [2.75, 3.05) is 26.2 Å². The summed E-state index contributed by atoms with van der Waals surface area (Å²) in [6, 6.07) is 5.98. The topological polar surface area (TPSA) is 56.4 Å². The van der Waals surface area contributed by atoms with Gasteiger partial charge in [0.1, 0.15) is 0 Å². The van der Waals surface area contributed by atoms with Gasteiger partial charge in [0, 0.05) is 48.9 Å². The second-order valence-electron chi connectivity index (χ2n) is 6.24. The van der Waals surface area contributed by atoms with Crippen LogP contribution in [0.5, 0.6) is 0 Å². The van der Waals surface area contributed by atoms with Crippen LogP contribution in [0.4, 0.5) is 0 Å². The average molecular weight is 345 g/mol. The monoisotopic (exact) mass is 345 g/mol. The van der Waals surface area contributed by atoms with Crippen LogP contribution >= 0.6 is 11.3 Å². The molecule has 1 aliphatic heterocycles. The van der Waals surface area contributed by atoms with Gasteiger partial charge in [-0.05, 0) is 37.8 Å². The lowest BCUT2D eigenvalue weighted by Gasteiger charge is -2.34. The van der Waals surface area contributed by atoms with Crippen molar-refractivity contribution in [1.82, 2.24) is 14.8 Å². The molecule has 0 radical (unpaired) electrons. The smallest absolute Gasteiger partial charge is 0.255 e. The Hall–Kier alpha value is -2.08. The minimum Gasteiger partial charge on any atom is -0.362 e. The maximum Gasteiger partial charge on any atom is 0.255 e. The first-order valence-corrected chi connectivity index (χ1v) is 9.18. The van der Waals surface area contributed by atoms with E-state index < -0.39 is 0 Å². The fourth-order valence-corrected chi connectivity index (χ4v) is 3.83. The summed E-state index contributed by atoms with van der Waals surface area (Å²) >= 11 is 1.69. The van der Waals surface area contributed by atoms with Crippen molar-refractivity contribution >= 4 is 23.2 Å². The predicted octanol–water partition coefficient (Wildman–Crippen LogP) is 2.61. The van der Waals surface area contributed by atoms with Gasteiger partial charge in [0.05, 0.1) is 5.56 Å². The number of aryl methyl sites for hydroxylation is 3. The molecular formula is C18H23N3O2S. The quantitative estimate of drug-likeness (QED) is 0.926. The van der Waals surface area contributed by atoms with Gasteiger partial charge in [0.2, 0.25) is 5.91 Å². The van der Waals surface area contributed by atoms with Crippen molar-refractivity contribution in [3.63, 3.8) is 0 Å². The predicted molar refractivity (Wildman–Crippen MR) is 95.4 cm³/mol. The van der Waals surface area contributed by atoms with Crippen molar-refractivity contribution in [3.05, 3.63) is 45.4 Å². The number of aromatic nitrogens is 1. The average Bonchev–Trinajstić information content (AvgIpc) is 3.21. The zero-order chi connectivity index (χ0) is 17.1. The molecule has 2 aromatic rings. The van der Waals surface area contributed by atoms with Crippen molar-refractivity contribution in [1.29, 1.82) is 0 Å². The normalized spacial score (nSPS) is 14.9. The molecule has 1 saturated heterocycles. The molecule has 0 saturated carbocycles. The van der Waals surface area contributed by atoms with Crippen molar-refractivity contribution in [2.24, 2.45) is 0 Å². The van der Waals surface area contributed by atoms with Crippen LogP contribution < -0.4 is 0 Å². The molecule has 2 amide bonds. The number of thiophene rings is 1. The van der Waals surface area contributed by atoms with E-state index in [1.54, 1.807) is 11.3 Å². The summed E-state index contributed by atoms with van der Waals surface area (Å²) in [7, 11) is 0. The fourth-order valence-electron chi connectivity index (χ4n) is 3.12. The molecule has 3 rings (SSSR count). The third-order valence-electron chi connectivity index (χ3n) is 4.46. The number of piperazine rings is 1. The van der Waals surface area contributed by atoms with Gasteiger partial charge < -0.3 is 14.8 Å². The fraction of sp³-hybridized carbons (Fsp3) is 0.444. The van der Waals surface area contributed by atoms with E-state index in [-0.39, 0.29) is 11.8 Å². The Bertz CT molecular complexity index is 713. The molecule has 1 N–H and O–H groups in total. The molecule has 2 aromatic heterocycles. The van der Waals surface area contributed by atoms with Crippen LogP contribution in [-0.2, 0) is 11.2 Å². The van der Waals surface area contributed by atoms with Crippen molar-refractivity contribution in [2.45, 2.75) is 26.7 Å². The van der Waals surface area contributed by atoms with E-state index in [9.17, 15) is 9.59 Å². The van der Waals surface area contributed by atoms with E-state index in [0.29, 0.717) is 32.6 Å². The van der Waals surface area contributed by atoms with Crippen LogP contribution in [-0.4, -0.2) is 52.8 Å². The minimum atomic E-state index is 0.0579. The van der Waals surface area contributed by atoms with Crippen molar-refractivity contribution < 1.29 is 9.59 Å². The molecule has 24 heavy (non-hydrogen) atoms. The highest BCUT2D eigenvalue weighted by Gasteiger charge is 2.26. The van der Waals surface area contributed by atoms with Crippen molar-refractivity contribution in [3.8, 4) is 0 Å². The Balaban J connectivity index is 1.51. The summed E-state index contributed by atoms with van der Waals surface area (Å²) in [4.78, 5) is 33.1. The molecule has 0 bridgehead atoms. The first-order valence-electron chi connectivity index (χ1n) is 8.30. The van der Waals surface area contributed by atoms with E-state index in [2.05, 4.69) is 11.1 Å². The SMILES string of the molecule is Cc1cc(C(=O)N2CCN(C(=O)CCc3cccs3)CC2)c(C)[nH]1. The number of H-pyrrole nitrogens is 1. The Morgan fingerprint density at radius 2 is 1.88 bits per heavy atom.